The molecule has 1 heterocycles. The number of likely N-dealkylation sites (N-methyl/N-ethyl adjacent to an activating group) is 1. The van der Waals surface area contributed by atoms with Crippen molar-refractivity contribution in [2.45, 2.75) is 19.9 Å². The van der Waals surface area contributed by atoms with Crippen LogP contribution in [-0.2, 0) is 9.59 Å². The molecule has 8 heteroatoms. The summed E-state index contributed by atoms with van der Waals surface area (Å²) in [5.74, 6) is -1.68. The topological polar surface area (TPSA) is 96.4 Å². The van der Waals surface area contributed by atoms with Crippen LogP contribution in [0, 0.1) is 6.92 Å². The van der Waals surface area contributed by atoms with Crippen LogP contribution in [0.2, 0.25) is 0 Å². The number of nitrogens with one attached hydrogen (secondary N) is 1. The fourth-order valence-electron chi connectivity index (χ4n) is 3.59. The molecule has 1 aliphatic rings. The second-order valence-electron chi connectivity index (χ2n) is 7.64. The van der Waals surface area contributed by atoms with E-state index in [1.807, 2.05) is 36.1 Å². The van der Waals surface area contributed by atoms with Gasteiger partial charge in [-0.2, -0.15) is 0 Å². The lowest BCUT2D eigenvalue weighted by atomic mass is 10.0. The number of carboxylic acids is 2. The normalized spacial score (nSPS) is 18.6. The van der Waals surface area contributed by atoms with Crippen molar-refractivity contribution in [1.29, 1.82) is 0 Å². The summed E-state index contributed by atoms with van der Waals surface area (Å²) in [7, 11) is 0. The third kappa shape index (κ3) is 8.49. The summed E-state index contributed by atoms with van der Waals surface area (Å²) in [4.78, 5) is 28.9. The number of benzene rings is 1. The van der Waals surface area contributed by atoms with Gasteiger partial charge in [0.15, 0.2) is 0 Å². The summed E-state index contributed by atoms with van der Waals surface area (Å²) >= 11 is 0. The fraction of sp³-hybridized carbons (Fsp3) is 0.619. The van der Waals surface area contributed by atoms with Gasteiger partial charge in [0.25, 0.3) is 0 Å². The Labute approximate surface area is 173 Å². The van der Waals surface area contributed by atoms with Gasteiger partial charge in [-0.3, -0.25) is 24.7 Å². The minimum absolute atomic E-state index is 0.0457. The minimum Gasteiger partial charge on any atom is -0.480 e. The van der Waals surface area contributed by atoms with Gasteiger partial charge in [0, 0.05) is 51.9 Å². The highest BCUT2D eigenvalue weighted by Gasteiger charge is 2.21. The van der Waals surface area contributed by atoms with Crippen LogP contribution >= 0.6 is 0 Å². The lowest BCUT2D eigenvalue weighted by molar-refractivity contribution is -0.138. The van der Waals surface area contributed by atoms with E-state index in [0.29, 0.717) is 13.1 Å². The fourth-order valence-corrected chi connectivity index (χ4v) is 3.59. The Kier molecular flexibility index (Phi) is 9.53. The standard InChI is InChI=1S/C21H34N4O4/c1-3-23-8-10-24(12-13-25(11-9-23)16-21(28)29)15-19(22-14-20(26)27)18-6-4-17(2)5-7-18/h4-7,19,22H,3,8-16H2,1-2H3,(H,26,27)(H,28,29). The van der Waals surface area contributed by atoms with Crippen molar-refractivity contribution < 1.29 is 19.8 Å². The predicted molar refractivity (Wildman–Crippen MR) is 112 cm³/mol. The summed E-state index contributed by atoms with van der Waals surface area (Å²) in [5, 5.41) is 21.5. The number of rotatable bonds is 9. The molecular weight excluding hydrogens is 372 g/mol. The van der Waals surface area contributed by atoms with Crippen LogP contribution in [-0.4, -0.2) is 102 Å². The maximum absolute atomic E-state index is 11.2. The van der Waals surface area contributed by atoms with Gasteiger partial charge < -0.3 is 15.1 Å². The van der Waals surface area contributed by atoms with E-state index in [-0.39, 0.29) is 19.1 Å². The Hall–Kier alpha value is -2.00. The van der Waals surface area contributed by atoms with E-state index in [0.717, 1.165) is 50.4 Å². The van der Waals surface area contributed by atoms with E-state index in [1.165, 1.54) is 0 Å². The van der Waals surface area contributed by atoms with Crippen LogP contribution in [0.4, 0.5) is 0 Å². The first-order chi connectivity index (χ1) is 13.9. The number of aryl methyl sites for hydroxylation is 1. The van der Waals surface area contributed by atoms with Gasteiger partial charge in [-0.15, -0.1) is 0 Å². The van der Waals surface area contributed by atoms with Gasteiger partial charge in [0.2, 0.25) is 0 Å². The number of hydrogen-bond acceptors (Lipinski definition) is 6. The second kappa shape index (κ2) is 11.9. The zero-order valence-corrected chi connectivity index (χ0v) is 17.5. The SMILES string of the molecule is CCN1CCN(CC(=O)O)CCN(CC(NCC(=O)O)c2ccc(C)cc2)CC1. The Morgan fingerprint density at radius 2 is 1.48 bits per heavy atom. The molecule has 1 atom stereocenters. The number of carboxylic acid groups (broad SMARTS) is 2. The molecule has 0 spiro atoms. The van der Waals surface area contributed by atoms with E-state index >= 15 is 0 Å². The number of carbonyl (C=O) groups is 2. The molecule has 1 saturated heterocycles. The molecule has 0 saturated carbocycles. The van der Waals surface area contributed by atoms with Crippen molar-refractivity contribution in [3.63, 3.8) is 0 Å². The number of aliphatic carboxylic acids is 2. The molecule has 162 valence electrons. The third-order valence-corrected chi connectivity index (χ3v) is 5.42. The monoisotopic (exact) mass is 406 g/mol. The van der Waals surface area contributed by atoms with Gasteiger partial charge in [-0.1, -0.05) is 36.8 Å². The maximum atomic E-state index is 11.2. The van der Waals surface area contributed by atoms with E-state index in [4.69, 9.17) is 5.11 Å². The summed E-state index contributed by atoms with van der Waals surface area (Å²) in [6.07, 6.45) is 0. The molecular formula is C21H34N4O4. The van der Waals surface area contributed by atoms with Crippen molar-refractivity contribution in [3.8, 4) is 0 Å². The van der Waals surface area contributed by atoms with Crippen molar-refractivity contribution >= 4 is 11.9 Å². The van der Waals surface area contributed by atoms with Crippen LogP contribution in [0.25, 0.3) is 0 Å². The van der Waals surface area contributed by atoms with Crippen LogP contribution in [0.3, 0.4) is 0 Å². The molecule has 1 aromatic carbocycles. The molecule has 0 radical (unpaired) electrons. The third-order valence-electron chi connectivity index (χ3n) is 5.42. The molecule has 1 unspecified atom stereocenters. The molecule has 1 fully saturated rings. The second-order valence-corrected chi connectivity index (χ2v) is 7.64. The largest absolute Gasteiger partial charge is 0.480 e. The van der Waals surface area contributed by atoms with Gasteiger partial charge >= 0.3 is 11.9 Å². The average molecular weight is 407 g/mol. The molecule has 1 aliphatic heterocycles. The molecule has 0 amide bonds. The van der Waals surface area contributed by atoms with Gasteiger partial charge in [0.05, 0.1) is 13.1 Å². The Balaban J connectivity index is 2.11. The van der Waals surface area contributed by atoms with Gasteiger partial charge in [-0.05, 0) is 19.0 Å². The molecule has 0 aromatic heterocycles. The molecule has 0 bridgehead atoms. The predicted octanol–water partition coefficient (Wildman–Crippen LogP) is 0.734. The van der Waals surface area contributed by atoms with E-state index in [1.54, 1.807) is 0 Å². The van der Waals surface area contributed by atoms with Gasteiger partial charge in [-0.25, -0.2) is 0 Å². The zero-order chi connectivity index (χ0) is 21.2. The molecule has 2 rings (SSSR count). The van der Waals surface area contributed by atoms with Crippen LogP contribution < -0.4 is 5.32 Å². The summed E-state index contributed by atoms with van der Waals surface area (Å²) < 4.78 is 0. The highest BCUT2D eigenvalue weighted by molar-refractivity contribution is 5.69. The summed E-state index contributed by atoms with van der Waals surface area (Å²) in [6.45, 7) is 10.5. The zero-order valence-electron chi connectivity index (χ0n) is 17.5. The van der Waals surface area contributed by atoms with E-state index in [9.17, 15) is 14.7 Å². The van der Waals surface area contributed by atoms with Crippen LogP contribution in [0.15, 0.2) is 24.3 Å². The first kappa shape index (κ1) is 23.3. The lowest BCUT2D eigenvalue weighted by Crippen LogP contribution is -2.42. The molecule has 29 heavy (non-hydrogen) atoms. The van der Waals surface area contributed by atoms with Crippen molar-refractivity contribution in [2.75, 3.05) is 65.4 Å². The lowest BCUT2D eigenvalue weighted by Gasteiger charge is -2.30. The first-order valence-electron chi connectivity index (χ1n) is 10.3. The summed E-state index contributed by atoms with van der Waals surface area (Å²) in [5.41, 5.74) is 2.22. The van der Waals surface area contributed by atoms with Crippen LogP contribution in [0.5, 0.6) is 0 Å². The minimum atomic E-state index is -0.878. The molecule has 0 aliphatic carbocycles. The van der Waals surface area contributed by atoms with Crippen molar-refractivity contribution in [1.82, 2.24) is 20.0 Å². The highest BCUT2D eigenvalue weighted by Crippen LogP contribution is 2.16. The average Bonchev–Trinajstić information content (AvgIpc) is 2.76. The quantitative estimate of drug-likeness (QED) is 0.553. The smallest absolute Gasteiger partial charge is 0.317 e. The molecule has 1 aromatic rings. The molecule has 8 nitrogen and oxygen atoms in total. The Morgan fingerprint density at radius 1 is 0.931 bits per heavy atom. The van der Waals surface area contributed by atoms with E-state index in [2.05, 4.69) is 22.0 Å². The number of hydrogen-bond donors (Lipinski definition) is 3. The summed E-state index contributed by atoms with van der Waals surface area (Å²) in [6, 6.07) is 8.06. The Bertz CT molecular complexity index is 653. The maximum Gasteiger partial charge on any atom is 0.317 e. The first-order valence-corrected chi connectivity index (χ1v) is 10.3. The highest BCUT2D eigenvalue weighted by atomic mass is 16.4. The van der Waals surface area contributed by atoms with Gasteiger partial charge in [0.1, 0.15) is 0 Å². The van der Waals surface area contributed by atoms with E-state index < -0.39 is 11.9 Å². The Morgan fingerprint density at radius 3 is 2.00 bits per heavy atom. The van der Waals surface area contributed by atoms with Crippen molar-refractivity contribution in [2.24, 2.45) is 0 Å². The number of nitrogens with zero attached hydrogens (tertiary/aromatic N) is 3. The molecule has 3 N–H and O–H groups in total. The van der Waals surface area contributed by atoms with Crippen LogP contribution in [0.1, 0.15) is 24.1 Å². The van der Waals surface area contributed by atoms with Crippen molar-refractivity contribution in [3.05, 3.63) is 35.4 Å².